The average Bonchev–Trinajstić information content (AvgIpc) is 3.23. The van der Waals surface area contributed by atoms with Gasteiger partial charge in [-0.05, 0) is 30.5 Å². The van der Waals surface area contributed by atoms with E-state index in [2.05, 4.69) is 15.6 Å². The molecule has 3 rings (SSSR count). The van der Waals surface area contributed by atoms with Crippen LogP contribution < -0.4 is 10.6 Å². The molecule has 0 radical (unpaired) electrons. The van der Waals surface area contributed by atoms with Gasteiger partial charge in [0.2, 0.25) is 5.91 Å². The van der Waals surface area contributed by atoms with Crippen LogP contribution in [-0.4, -0.2) is 46.7 Å². The Balaban J connectivity index is 1.53. The van der Waals surface area contributed by atoms with Crippen LogP contribution in [0.4, 0.5) is 14.5 Å². The number of esters is 1. The molecule has 166 valence electrons. The highest BCUT2D eigenvalue weighted by molar-refractivity contribution is 7.98. The van der Waals surface area contributed by atoms with Crippen molar-refractivity contribution in [2.75, 3.05) is 24.7 Å². The smallest absolute Gasteiger partial charge is 0.357 e. The maximum atomic E-state index is 13.2. The number of nitrogens with one attached hydrogen (secondary N) is 2. The van der Waals surface area contributed by atoms with E-state index >= 15 is 0 Å². The van der Waals surface area contributed by atoms with Crippen molar-refractivity contribution in [2.45, 2.75) is 5.16 Å². The van der Waals surface area contributed by atoms with Crippen molar-refractivity contribution < 1.29 is 27.9 Å². The largest absolute Gasteiger partial charge is 0.451 e. The Morgan fingerprint density at radius 1 is 1.06 bits per heavy atom. The number of aromatic nitrogens is 2. The first-order chi connectivity index (χ1) is 15.4. The summed E-state index contributed by atoms with van der Waals surface area (Å²) in [5.41, 5.74) is 0.887. The molecule has 0 saturated heterocycles. The maximum Gasteiger partial charge on any atom is 0.357 e. The Kier molecular flexibility index (Phi) is 7.55. The van der Waals surface area contributed by atoms with Crippen molar-refractivity contribution in [3.05, 3.63) is 72.1 Å². The fraction of sp³-hybridized carbons (Fsp3) is 0.143. The summed E-state index contributed by atoms with van der Waals surface area (Å²) in [4.78, 5) is 40.5. The molecule has 1 heterocycles. The molecule has 0 bridgehead atoms. The van der Waals surface area contributed by atoms with Crippen LogP contribution in [0.15, 0.2) is 59.9 Å². The van der Waals surface area contributed by atoms with E-state index < -0.39 is 42.6 Å². The molecule has 0 fully saturated rings. The quantitative estimate of drug-likeness (QED) is 0.396. The number of hydrogen-bond donors (Lipinski definition) is 2. The van der Waals surface area contributed by atoms with Crippen molar-refractivity contribution >= 4 is 35.2 Å². The van der Waals surface area contributed by atoms with Gasteiger partial charge in [-0.3, -0.25) is 14.2 Å². The van der Waals surface area contributed by atoms with E-state index in [0.717, 1.165) is 12.1 Å². The van der Waals surface area contributed by atoms with Crippen LogP contribution in [0.3, 0.4) is 0 Å². The van der Waals surface area contributed by atoms with Gasteiger partial charge in [0.15, 0.2) is 29.1 Å². The highest BCUT2D eigenvalue weighted by Crippen LogP contribution is 2.22. The van der Waals surface area contributed by atoms with E-state index in [1.165, 1.54) is 24.0 Å². The van der Waals surface area contributed by atoms with Crippen LogP contribution >= 0.6 is 11.8 Å². The van der Waals surface area contributed by atoms with Crippen LogP contribution in [-0.2, 0) is 14.3 Å². The van der Waals surface area contributed by atoms with Gasteiger partial charge in [-0.2, -0.15) is 0 Å². The number of nitrogens with zero attached hydrogens (tertiary/aromatic N) is 2. The molecule has 1 aromatic heterocycles. The molecule has 32 heavy (non-hydrogen) atoms. The number of anilines is 1. The maximum absolute atomic E-state index is 13.2. The highest BCUT2D eigenvalue weighted by atomic mass is 32.2. The summed E-state index contributed by atoms with van der Waals surface area (Å²) in [6, 6.07) is 11.9. The Morgan fingerprint density at radius 3 is 2.50 bits per heavy atom. The Labute approximate surface area is 186 Å². The van der Waals surface area contributed by atoms with E-state index in [1.807, 2.05) is 24.5 Å². The topological polar surface area (TPSA) is 102 Å². The fourth-order valence-corrected chi connectivity index (χ4v) is 3.21. The average molecular weight is 460 g/mol. The summed E-state index contributed by atoms with van der Waals surface area (Å²) in [5, 5.41) is 5.16. The van der Waals surface area contributed by atoms with Crippen LogP contribution in [0, 0.1) is 11.6 Å². The third-order valence-electron chi connectivity index (χ3n) is 4.12. The number of carbonyl (C=O) groups is 3. The summed E-state index contributed by atoms with van der Waals surface area (Å²) < 4.78 is 32.7. The van der Waals surface area contributed by atoms with Gasteiger partial charge >= 0.3 is 5.97 Å². The van der Waals surface area contributed by atoms with Gasteiger partial charge in [0.05, 0.1) is 12.7 Å². The molecule has 0 aliphatic heterocycles. The summed E-state index contributed by atoms with van der Waals surface area (Å²) in [7, 11) is 0. The monoisotopic (exact) mass is 460 g/mol. The number of benzene rings is 2. The van der Waals surface area contributed by atoms with E-state index in [4.69, 9.17) is 4.74 Å². The number of amides is 2. The number of halogens is 2. The number of ether oxygens (including phenoxy) is 1. The Hall–Kier alpha value is -3.73. The van der Waals surface area contributed by atoms with Crippen LogP contribution in [0.25, 0.3) is 5.69 Å². The van der Waals surface area contributed by atoms with Gasteiger partial charge in [0.1, 0.15) is 0 Å². The predicted molar refractivity (Wildman–Crippen MR) is 114 cm³/mol. The molecule has 2 N–H and O–H groups in total. The molecule has 0 saturated carbocycles. The zero-order chi connectivity index (χ0) is 23.1. The lowest BCUT2D eigenvalue weighted by molar-refractivity contribution is -0.126. The number of para-hydroxylation sites is 1. The van der Waals surface area contributed by atoms with Gasteiger partial charge in [-0.25, -0.2) is 18.6 Å². The molecule has 0 spiro atoms. The first-order valence-corrected chi connectivity index (χ1v) is 10.5. The number of rotatable bonds is 8. The summed E-state index contributed by atoms with van der Waals surface area (Å²) in [6.45, 7) is -1.07. The lowest BCUT2D eigenvalue weighted by Gasteiger charge is -2.11. The molecule has 2 aromatic carbocycles. The summed E-state index contributed by atoms with van der Waals surface area (Å²) >= 11 is 1.34. The van der Waals surface area contributed by atoms with Crippen molar-refractivity contribution in [2.24, 2.45) is 0 Å². The fourth-order valence-electron chi connectivity index (χ4n) is 2.66. The minimum atomic E-state index is -1.11. The lowest BCUT2D eigenvalue weighted by Crippen LogP contribution is -2.35. The Bertz CT molecular complexity index is 1140. The number of thioether (sulfide) groups is 1. The molecule has 0 aliphatic rings. The van der Waals surface area contributed by atoms with Crippen molar-refractivity contribution in [1.82, 2.24) is 14.9 Å². The molecule has 0 aliphatic carbocycles. The molecule has 0 unspecified atom stereocenters. The van der Waals surface area contributed by atoms with Gasteiger partial charge < -0.3 is 15.4 Å². The SMILES string of the molecule is CSc1ncc(C(=O)OCC(=O)NCC(=O)Nc2ccc(F)c(F)c2)n1-c1ccccc1. The van der Waals surface area contributed by atoms with Gasteiger partial charge in [0.25, 0.3) is 5.91 Å². The van der Waals surface area contributed by atoms with Crippen LogP contribution in [0.1, 0.15) is 10.5 Å². The number of hydrogen-bond acceptors (Lipinski definition) is 6. The summed E-state index contributed by atoms with van der Waals surface area (Å²) in [6.07, 6.45) is 3.17. The van der Waals surface area contributed by atoms with E-state index in [9.17, 15) is 23.2 Å². The zero-order valence-electron chi connectivity index (χ0n) is 16.8. The van der Waals surface area contributed by atoms with E-state index in [0.29, 0.717) is 10.8 Å². The molecular weight excluding hydrogens is 442 g/mol. The number of carbonyl (C=O) groups excluding carboxylic acids is 3. The third kappa shape index (κ3) is 5.70. The van der Waals surface area contributed by atoms with E-state index in [-0.39, 0.29) is 11.4 Å². The normalized spacial score (nSPS) is 10.5. The second-order valence-corrected chi connectivity index (χ2v) is 7.10. The molecule has 3 aromatic rings. The van der Waals surface area contributed by atoms with Crippen molar-refractivity contribution in [3.63, 3.8) is 0 Å². The molecule has 0 atom stereocenters. The standard InChI is InChI=1S/C21H18F2N4O4S/c1-32-21-25-10-17(27(21)14-5-3-2-4-6-14)20(30)31-12-19(29)24-11-18(28)26-13-7-8-15(22)16(23)9-13/h2-10H,11-12H2,1H3,(H,24,29)(H,26,28). The molecule has 11 heteroatoms. The van der Waals surface area contributed by atoms with Crippen molar-refractivity contribution in [1.29, 1.82) is 0 Å². The minimum absolute atomic E-state index is 0.0355. The highest BCUT2D eigenvalue weighted by Gasteiger charge is 2.20. The summed E-state index contributed by atoms with van der Waals surface area (Å²) in [5.74, 6) is -4.30. The van der Waals surface area contributed by atoms with Crippen LogP contribution in [0.2, 0.25) is 0 Å². The Morgan fingerprint density at radius 2 is 1.81 bits per heavy atom. The molecule has 2 amide bonds. The third-order valence-corrected chi connectivity index (χ3v) is 4.77. The van der Waals surface area contributed by atoms with Crippen LogP contribution in [0.5, 0.6) is 0 Å². The first kappa shape index (κ1) is 22.9. The lowest BCUT2D eigenvalue weighted by atomic mass is 10.3. The molecule has 8 nitrogen and oxygen atoms in total. The first-order valence-electron chi connectivity index (χ1n) is 9.25. The van der Waals surface area contributed by atoms with Gasteiger partial charge in [0, 0.05) is 17.4 Å². The zero-order valence-corrected chi connectivity index (χ0v) is 17.6. The second kappa shape index (κ2) is 10.5. The van der Waals surface area contributed by atoms with Gasteiger partial charge in [-0.1, -0.05) is 30.0 Å². The number of imidazole rings is 1. The van der Waals surface area contributed by atoms with Gasteiger partial charge in [-0.15, -0.1) is 0 Å². The van der Waals surface area contributed by atoms with Crippen molar-refractivity contribution in [3.8, 4) is 5.69 Å². The molecular formula is C21H18F2N4O4S. The van der Waals surface area contributed by atoms with E-state index in [1.54, 1.807) is 16.7 Å². The minimum Gasteiger partial charge on any atom is -0.451 e. The second-order valence-electron chi connectivity index (χ2n) is 6.33. The predicted octanol–water partition coefficient (Wildman–Crippen LogP) is 2.78.